The van der Waals surface area contributed by atoms with Gasteiger partial charge in [-0.3, -0.25) is 0 Å². The number of fused-ring (bicyclic) bond motifs is 1. The summed E-state index contributed by atoms with van der Waals surface area (Å²) in [6, 6.07) is 5.27. The molecule has 0 bridgehead atoms. The van der Waals surface area contributed by atoms with Crippen molar-refractivity contribution in [2.24, 2.45) is 0 Å². The molecule has 2 rings (SSSR count). The van der Waals surface area contributed by atoms with Crippen LogP contribution in [0.2, 0.25) is 0 Å². The number of nitrogens with zero attached hydrogens (tertiary/aromatic N) is 2. The van der Waals surface area contributed by atoms with Gasteiger partial charge in [0.2, 0.25) is 0 Å². The zero-order valence-electron chi connectivity index (χ0n) is 9.75. The predicted molar refractivity (Wildman–Crippen MR) is 63.3 cm³/mol. The number of ether oxygens (including phenoxy) is 1. The molecule has 0 amide bonds. The summed E-state index contributed by atoms with van der Waals surface area (Å²) < 4.78 is 7.01. The van der Waals surface area contributed by atoms with Gasteiger partial charge >= 0.3 is 5.97 Å². The number of aromatic carboxylic acids is 1. The fourth-order valence-corrected chi connectivity index (χ4v) is 1.90. The Morgan fingerprint density at radius 2 is 2.35 bits per heavy atom. The Labute approximate surface area is 98.6 Å². The van der Waals surface area contributed by atoms with Crippen LogP contribution >= 0.6 is 0 Å². The van der Waals surface area contributed by atoms with E-state index in [0.717, 1.165) is 5.52 Å². The van der Waals surface area contributed by atoms with Gasteiger partial charge in [0.05, 0.1) is 30.1 Å². The van der Waals surface area contributed by atoms with Crippen molar-refractivity contribution in [2.75, 3.05) is 13.7 Å². The third kappa shape index (κ3) is 2.01. The molecule has 17 heavy (non-hydrogen) atoms. The van der Waals surface area contributed by atoms with Gasteiger partial charge in [-0.25, -0.2) is 9.78 Å². The first-order chi connectivity index (χ1) is 8.15. The zero-order valence-corrected chi connectivity index (χ0v) is 9.75. The van der Waals surface area contributed by atoms with Crippen LogP contribution in [0, 0.1) is 0 Å². The van der Waals surface area contributed by atoms with Crippen molar-refractivity contribution in [3.8, 4) is 0 Å². The van der Waals surface area contributed by atoms with E-state index in [1.165, 1.54) is 0 Å². The lowest BCUT2D eigenvalue weighted by molar-refractivity contribution is 0.0699. The molecule has 2 aromatic rings. The second kappa shape index (κ2) is 4.55. The van der Waals surface area contributed by atoms with E-state index in [1.807, 2.05) is 17.6 Å². The smallest absolute Gasteiger partial charge is 0.337 e. The standard InChI is InChI=1S/C12H14N2O3/c1-8(6-17-2)14-7-13-11-9(12(15)16)4-3-5-10(11)14/h3-5,7-8H,6H2,1-2H3,(H,15,16). The molecule has 0 radical (unpaired) electrons. The van der Waals surface area contributed by atoms with E-state index in [1.54, 1.807) is 25.6 Å². The van der Waals surface area contributed by atoms with E-state index in [0.29, 0.717) is 12.1 Å². The molecular weight excluding hydrogens is 220 g/mol. The largest absolute Gasteiger partial charge is 0.478 e. The van der Waals surface area contributed by atoms with Crippen molar-refractivity contribution in [2.45, 2.75) is 13.0 Å². The highest BCUT2D eigenvalue weighted by molar-refractivity contribution is 6.00. The molecular formula is C12H14N2O3. The van der Waals surface area contributed by atoms with Crippen LogP contribution in [0.4, 0.5) is 0 Å². The molecule has 1 heterocycles. The minimum Gasteiger partial charge on any atom is -0.478 e. The average molecular weight is 234 g/mol. The molecule has 1 atom stereocenters. The highest BCUT2D eigenvalue weighted by Crippen LogP contribution is 2.21. The Kier molecular flexibility index (Phi) is 3.10. The van der Waals surface area contributed by atoms with Gasteiger partial charge in [-0.05, 0) is 19.1 Å². The van der Waals surface area contributed by atoms with Gasteiger partial charge in [-0.15, -0.1) is 0 Å². The van der Waals surface area contributed by atoms with Crippen LogP contribution in [0.15, 0.2) is 24.5 Å². The maximum absolute atomic E-state index is 11.0. The molecule has 5 heteroatoms. The molecule has 1 N–H and O–H groups in total. The van der Waals surface area contributed by atoms with E-state index >= 15 is 0 Å². The Bertz CT molecular complexity index is 548. The van der Waals surface area contributed by atoms with E-state index in [2.05, 4.69) is 4.98 Å². The summed E-state index contributed by atoms with van der Waals surface area (Å²) >= 11 is 0. The molecule has 0 aliphatic heterocycles. The molecule has 0 saturated carbocycles. The van der Waals surface area contributed by atoms with Crippen molar-refractivity contribution in [3.63, 3.8) is 0 Å². The molecule has 0 aliphatic rings. The molecule has 1 aromatic carbocycles. The fourth-order valence-electron chi connectivity index (χ4n) is 1.90. The molecule has 1 aromatic heterocycles. The van der Waals surface area contributed by atoms with E-state index < -0.39 is 5.97 Å². The number of carbonyl (C=O) groups is 1. The number of benzene rings is 1. The van der Waals surface area contributed by atoms with Crippen LogP contribution in [0.3, 0.4) is 0 Å². The molecule has 0 fully saturated rings. The van der Waals surface area contributed by atoms with Crippen LogP contribution in [-0.2, 0) is 4.74 Å². The fraction of sp³-hybridized carbons (Fsp3) is 0.333. The van der Waals surface area contributed by atoms with Crippen LogP contribution in [0.25, 0.3) is 11.0 Å². The van der Waals surface area contributed by atoms with Crippen molar-refractivity contribution in [1.82, 2.24) is 9.55 Å². The van der Waals surface area contributed by atoms with Gasteiger partial charge in [0.25, 0.3) is 0 Å². The third-order valence-electron chi connectivity index (χ3n) is 2.72. The summed E-state index contributed by atoms with van der Waals surface area (Å²) in [6.45, 7) is 2.56. The molecule has 0 saturated heterocycles. The summed E-state index contributed by atoms with van der Waals surface area (Å²) in [6.07, 6.45) is 1.65. The first kappa shape index (κ1) is 11.6. The van der Waals surface area contributed by atoms with E-state index in [-0.39, 0.29) is 11.6 Å². The summed E-state index contributed by atoms with van der Waals surface area (Å²) in [5, 5.41) is 9.06. The molecule has 0 aliphatic carbocycles. The number of hydrogen-bond donors (Lipinski definition) is 1. The zero-order chi connectivity index (χ0) is 12.4. The predicted octanol–water partition coefficient (Wildman–Crippen LogP) is 1.94. The maximum atomic E-state index is 11.0. The lowest BCUT2D eigenvalue weighted by Gasteiger charge is -2.12. The normalized spacial score (nSPS) is 12.8. The van der Waals surface area contributed by atoms with Gasteiger partial charge in [0, 0.05) is 7.11 Å². The molecule has 1 unspecified atom stereocenters. The van der Waals surface area contributed by atoms with Gasteiger partial charge in [0.15, 0.2) is 0 Å². The van der Waals surface area contributed by atoms with Crippen molar-refractivity contribution in [3.05, 3.63) is 30.1 Å². The number of hydrogen-bond acceptors (Lipinski definition) is 3. The number of carboxylic acids is 1. The lowest BCUT2D eigenvalue weighted by atomic mass is 10.2. The summed E-state index contributed by atoms with van der Waals surface area (Å²) in [7, 11) is 1.64. The van der Waals surface area contributed by atoms with E-state index in [4.69, 9.17) is 9.84 Å². The van der Waals surface area contributed by atoms with Gasteiger partial charge in [-0.2, -0.15) is 0 Å². The highest BCUT2D eigenvalue weighted by atomic mass is 16.5. The first-order valence-electron chi connectivity index (χ1n) is 5.33. The molecule has 90 valence electrons. The van der Waals surface area contributed by atoms with Gasteiger partial charge in [-0.1, -0.05) is 6.07 Å². The van der Waals surface area contributed by atoms with Crippen molar-refractivity contribution >= 4 is 17.0 Å². The Morgan fingerprint density at radius 1 is 1.59 bits per heavy atom. The minimum absolute atomic E-state index is 0.119. The lowest BCUT2D eigenvalue weighted by Crippen LogP contribution is -2.09. The van der Waals surface area contributed by atoms with Crippen LogP contribution < -0.4 is 0 Å². The maximum Gasteiger partial charge on any atom is 0.337 e. The van der Waals surface area contributed by atoms with Crippen molar-refractivity contribution < 1.29 is 14.6 Å². The Hall–Kier alpha value is -1.88. The molecule has 0 spiro atoms. The Morgan fingerprint density at radius 3 is 3.00 bits per heavy atom. The highest BCUT2D eigenvalue weighted by Gasteiger charge is 2.14. The monoisotopic (exact) mass is 234 g/mol. The summed E-state index contributed by atoms with van der Waals surface area (Å²) in [4.78, 5) is 15.2. The van der Waals surface area contributed by atoms with E-state index in [9.17, 15) is 4.79 Å². The minimum atomic E-state index is -0.958. The number of para-hydroxylation sites is 1. The third-order valence-corrected chi connectivity index (χ3v) is 2.72. The number of aromatic nitrogens is 2. The number of methoxy groups -OCH3 is 1. The van der Waals surface area contributed by atoms with Crippen LogP contribution in [0.1, 0.15) is 23.3 Å². The summed E-state index contributed by atoms with van der Waals surface area (Å²) in [5.41, 5.74) is 1.56. The van der Waals surface area contributed by atoms with Gasteiger partial charge in [0.1, 0.15) is 5.52 Å². The number of rotatable bonds is 4. The van der Waals surface area contributed by atoms with Gasteiger partial charge < -0.3 is 14.4 Å². The van der Waals surface area contributed by atoms with Crippen molar-refractivity contribution in [1.29, 1.82) is 0 Å². The number of carboxylic acid groups (broad SMARTS) is 1. The second-order valence-corrected chi connectivity index (χ2v) is 3.93. The topological polar surface area (TPSA) is 64.4 Å². The van der Waals surface area contributed by atoms with Crippen LogP contribution in [-0.4, -0.2) is 34.3 Å². The summed E-state index contributed by atoms with van der Waals surface area (Å²) in [5.74, 6) is -0.958. The SMILES string of the molecule is COCC(C)n1cnc2c(C(=O)O)cccc21. The second-order valence-electron chi connectivity index (χ2n) is 3.93. The molecule has 5 nitrogen and oxygen atoms in total. The first-order valence-corrected chi connectivity index (χ1v) is 5.33. The average Bonchev–Trinajstić information content (AvgIpc) is 2.72. The number of imidazole rings is 1. The quantitative estimate of drug-likeness (QED) is 0.878. The van der Waals surface area contributed by atoms with Crippen LogP contribution in [0.5, 0.6) is 0 Å². The Balaban J connectivity index is 2.54.